The number of amides is 1. The van der Waals surface area contributed by atoms with E-state index in [1.165, 1.54) is 0 Å². The number of halogens is 1. The SMILES string of the molecule is CCNC(=NCc1ccn[nH]1)N(C)CC(=O)N(CC)CC.I. The predicted octanol–water partition coefficient (Wildman–Crippen LogP) is 1.29. The van der Waals surface area contributed by atoms with E-state index < -0.39 is 0 Å². The first-order valence-electron chi connectivity index (χ1n) is 7.37. The zero-order valence-corrected chi connectivity index (χ0v) is 16.1. The van der Waals surface area contributed by atoms with Crippen molar-refractivity contribution in [2.24, 2.45) is 4.99 Å². The minimum atomic E-state index is 0. The number of likely N-dealkylation sites (N-methyl/N-ethyl adjacent to an activating group) is 2. The average molecular weight is 422 g/mol. The molecule has 0 aromatic carbocycles. The highest BCUT2D eigenvalue weighted by Crippen LogP contribution is 1.98. The van der Waals surface area contributed by atoms with Crippen molar-refractivity contribution in [3.8, 4) is 0 Å². The van der Waals surface area contributed by atoms with Gasteiger partial charge in [0, 0.05) is 32.9 Å². The van der Waals surface area contributed by atoms with E-state index in [9.17, 15) is 4.79 Å². The Hall–Kier alpha value is -1.32. The van der Waals surface area contributed by atoms with Crippen molar-refractivity contribution in [3.05, 3.63) is 18.0 Å². The number of hydrogen-bond acceptors (Lipinski definition) is 3. The number of aromatic amines is 1. The molecular weight excluding hydrogens is 395 g/mol. The van der Waals surface area contributed by atoms with E-state index in [-0.39, 0.29) is 29.9 Å². The topological polar surface area (TPSA) is 76.6 Å². The van der Waals surface area contributed by atoms with Crippen LogP contribution < -0.4 is 5.32 Å². The number of carbonyl (C=O) groups is 1. The molecule has 1 aromatic rings. The minimum absolute atomic E-state index is 0. The summed E-state index contributed by atoms with van der Waals surface area (Å²) in [6.07, 6.45) is 1.70. The highest BCUT2D eigenvalue weighted by Gasteiger charge is 2.14. The Kier molecular flexibility index (Phi) is 10.6. The number of aliphatic imine (C=N–C) groups is 1. The van der Waals surface area contributed by atoms with Gasteiger partial charge in [0.25, 0.3) is 0 Å². The lowest BCUT2D eigenvalue weighted by atomic mass is 10.4. The molecular formula is C14H27IN6O. The number of rotatable bonds is 7. The van der Waals surface area contributed by atoms with Gasteiger partial charge >= 0.3 is 0 Å². The van der Waals surface area contributed by atoms with Crippen molar-refractivity contribution < 1.29 is 4.79 Å². The van der Waals surface area contributed by atoms with E-state index in [4.69, 9.17) is 0 Å². The largest absolute Gasteiger partial charge is 0.357 e. The van der Waals surface area contributed by atoms with Gasteiger partial charge in [-0.2, -0.15) is 5.10 Å². The van der Waals surface area contributed by atoms with Crippen molar-refractivity contribution in [2.45, 2.75) is 27.3 Å². The van der Waals surface area contributed by atoms with Crippen LogP contribution in [0.3, 0.4) is 0 Å². The second kappa shape index (κ2) is 11.3. The fourth-order valence-electron chi connectivity index (χ4n) is 1.96. The summed E-state index contributed by atoms with van der Waals surface area (Å²) in [6, 6.07) is 1.88. The van der Waals surface area contributed by atoms with Crippen molar-refractivity contribution >= 4 is 35.8 Å². The van der Waals surface area contributed by atoms with Gasteiger partial charge in [-0.05, 0) is 26.8 Å². The van der Waals surface area contributed by atoms with Crippen LogP contribution >= 0.6 is 24.0 Å². The van der Waals surface area contributed by atoms with E-state index in [1.54, 1.807) is 6.20 Å². The molecule has 1 heterocycles. The Balaban J connectivity index is 0.00000441. The first-order valence-corrected chi connectivity index (χ1v) is 7.37. The highest BCUT2D eigenvalue weighted by atomic mass is 127. The quantitative estimate of drug-likeness (QED) is 0.395. The van der Waals surface area contributed by atoms with Crippen LogP contribution in [0.1, 0.15) is 26.5 Å². The molecule has 22 heavy (non-hydrogen) atoms. The highest BCUT2D eigenvalue weighted by molar-refractivity contribution is 14.0. The monoisotopic (exact) mass is 422 g/mol. The fraction of sp³-hybridized carbons (Fsp3) is 0.643. The van der Waals surface area contributed by atoms with Gasteiger partial charge in [-0.25, -0.2) is 4.99 Å². The second-order valence-corrected chi connectivity index (χ2v) is 4.67. The smallest absolute Gasteiger partial charge is 0.242 e. The fourth-order valence-corrected chi connectivity index (χ4v) is 1.96. The lowest BCUT2D eigenvalue weighted by Gasteiger charge is -2.25. The number of nitrogens with one attached hydrogen (secondary N) is 2. The lowest BCUT2D eigenvalue weighted by Crippen LogP contribution is -2.45. The molecule has 0 unspecified atom stereocenters. The summed E-state index contributed by atoms with van der Waals surface area (Å²) in [7, 11) is 1.87. The van der Waals surface area contributed by atoms with Crippen LogP contribution in [0.4, 0.5) is 0 Å². The number of H-pyrrole nitrogens is 1. The standard InChI is InChI=1S/C14H26N6O.HI/c1-5-15-14(16-10-12-8-9-17-18-12)19(4)11-13(21)20(6-2)7-3;/h8-9H,5-7,10-11H2,1-4H3,(H,15,16)(H,17,18);1H. The molecule has 1 rings (SSSR count). The van der Waals surface area contributed by atoms with Gasteiger partial charge in [0.1, 0.15) is 0 Å². The van der Waals surface area contributed by atoms with Gasteiger partial charge in [0.05, 0.1) is 18.8 Å². The van der Waals surface area contributed by atoms with Crippen LogP contribution in [-0.4, -0.2) is 65.1 Å². The first-order chi connectivity index (χ1) is 10.1. The van der Waals surface area contributed by atoms with E-state index >= 15 is 0 Å². The molecule has 0 radical (unpaired) electrons. The van der Waals surface area contributed by atoms with Crippen molar-refractivity contribution in [1.82, 2.24) is 25.3 Å². The van der Waals surface area contributed by atoms with Crippen molar-refractivity contribution in [2.75, 3.05) is 33.2 Å². The number of hydrogen-bond donors (Lipinski definition) is 2. The number of carbonyl (C=O) groups excluding carboxylic acids is 1. The molecule has 126 valence electrons. The zero-order valence-electron chi connectivity index (χ0n) is 13.8. The summed E-state index contributed by atoms with van der Waals surface area (Å²) in [6.45, 7) is 9.01. The van der Waals surface area contributed by atoms with Crippen LogP contribution in [0.2, 0.25) is 0 Å². The molecule has 0 aliphatic carbocycles. The number of nitrogens with zero attached hydrogens (tertiary/aromatic N) is 4. The summed E-state index contributed by atoms with van der Waals surface area (Å²) >= 11 is 0. The van der Waals surface area contributed by atoms with Crippen LogP contribution in [0, 0.1) is 0 Å². The zero-order chi connectivity index (χ0) is 15.7. The van der Waals surface area contributed by atoms with Gasteiger partial charge < -0.3 is 15.1 Å². The predicted molar refractivity (Wildman–Crippen MR) is 99.4 cm³/mol. The molecule has 0 atom stereocenters. The normalized spacial score (nSPS) is 10.8. The van der Waals surface area contributed by atoms with Crippen molar-refractivity contribution in [3.63, 3.8) is 0 Å². The Morgan fingerprint density at radius 3 is 2.55 bits per heavy atom. The van der Waals surface area contributed by atoms with Crippen LogP contribution in [0.5, 0.6) is 0 Å². The van der Waals surface area contributed by atoms with E-state index in [0.717, 1.165) is 25.3 Å². The summed E-state index contributed by atoms with van der Waals surface area (Å²) in [4.78, 5) is 20.3. The van der Waals surface area contributed by atoms with E-state index in [2.05, 4.69) is 20.5 Å². The van der Waals surface area contributed by atoms with Crippen molar-refractivity contribution in [1.29, 1.82) is 0 Å². The number of guanidine groups is 1. The molecule has 7 nitrogen and oxygen atoms in total. The molecule has 1 amide bonds. The Morgan fingerprint density at radius 2 is 2.05 bits per heavy atom. The second-order valence-electron chi connectivity index (χ2n) is 4.67. The Labute approximate surface area is 149 Å². The summed E-state index contributed by atoms with van der Waals surface area (Å²) in [5.74, 6) is 0.822. The third-order valence-corrected chi connectivity index (χ3v) is 3.14. The first kappa shape index (κ1) is 20.7. The number of aromatic nitrogens is 2. The maximum Gasteiger partial charge on any atom is 0.242 e. The van der Waals surface area contributed by atoms with Gasteiger partial charge in [0.2, 0.25) is 5.91 Å². The average Bonchev–Trinajstić information content (AvgIpc) is 2.97. The molecule has 0 saturated carbocycles. The van der Waals surface area contributed by atoms with Crippen LogP contribution in [0.15, 0.2) is 17.3 Å². The van der Waals surface area contributed by atoms with E-state index in [1.807, 2.05) is 43.7 Å². The Morgan fingerprint density at radius 1 is 1.36 bits per heavy atom. The molecule has 0 aliphatic rings. The van der Waals surface area contributed by atoms with Gasteiger partial charge in [-0.1, -0.05) is 0 Å². The van der Waals surface area contributed by atoms with Crippen LogP contribution in [0.25, 0.3) is 0 Å². The lowest BCUT2D eigenvalue weighted by molar-refractivity contribution is -0.131. The van der Waals surface area contributed by atoms with Gasteiger partial charge in [0.15, 0.2) is 5.96 Å². The molecule has 1 aromatic heterocycles. The maximum atomic E-state index is 12.1. The third kappa shape index (κ3) is 6.63. The third-order valence-electron chi connectivity index (χ3n) is 3.14. The van der Waals surface area contributed by atoms with Gasteiger partial charge in [-0.15, -0.1) is 24.0 Å². The summed E-state index contributed by atoms with van der Waals surface area (Å²) in [5.41, 5.74) is 0.939. The molecule has 2 N–H and O–H groups in total. The van der Waals surface area contributed by atoms with E-state index in [0.29, 0.717) is 19.0 Å². The Bertz CT molecular complexity index is 444. The maximum absolute atomic E-state index is 12.1. The van der Waals surface area contributed by atoms with Gasteiger partial charge in [-0.3, -0.25) is 9.89 Å². The molecule has 0 spiro atoms. The minimum Gasteiger partial charge on any atom is -0.357 e. The molecule has 0 saturated heterocycles. The molecule has 0 bridgehead atoms. The summed E-state index contributed by atoms with van der Waals surface area (Å²) < 4.78 is 0. The van der Waals surface area contributed by atoms with Crippen LogP contribution in [-0.2, 0) is 11.3 Å². The molecule has 0 fully saturated rings. The molecule has 8 heteroatoms. The summed E-state index contributed by atoms with van der Waals surface area (Å²) in [5, 5.41) is 9.96. The molecule has 0 aliphatic heterocycles.